The Morgan fingerprint density at radius 2 is 2.00 bits per heavy atom. The molecular formula is C14H21ClN2O4S. The van der Waals surface area contributed by atoms with Crippen LogP contribution >= 0.6 is 11.6 Å². The van der Waals surface area contributed by atoms with Gasteiger partial charge in [0.25, 0.3) is 10.0 Å². The first-order valence-corrected chi connectivity index (χ1v) is 9.08. The molecule has 6 nitrogen and oxygen atoms in total. The highest BCUT2D eigenvalue weighted by Gasteiger charge is 2.17. The van der Waals surface area contributed by atoms with Gasteiger partial charge in [0, 0.05) is 6.54 Å². The van der Waals surface area contributed by atoms with E-state index in [1.807, 2.05) is 0 Å². The van der Waals surface area contributed by atoms with Crippen molar-refractivity contribution in [2.75, 3.05) is 33.4 Å². The molecule has 0 atom stereocenters. The summed E-state index contributed by atoms with van der Waals surface area (Å²) in [5, 5.41) is 0.235. The zero-order chi connectivity index (χ0) is 16.0. The van der Waals surface area contributed by atoms with Crippen molar-refractivity contribution < 1.29 is 18.0 Å². The second kappa shape index (κ2) is 8.12. The zero-order valence-electron chi connectivity index (χ0n) is 12.5. The highest BCUT2D eigenvalue weighted by Crippen LogP contribution is 2.26. The van der Waals surface area contributed by atoms with Gasteiger partial charge in [-0.3, -0.25) is 4.84 Å². The minimum Gasteiger partial charge on any atom is -0.495 e. The van der Waals surface area contributed by atoms with E-state index in [0.29, 0.717) is 18.9 Å². The molecule has 1 aliphatic rings. The van der Waals surface area contributed by atoms with Crippen molar-refractivity contribution in [1.82, 2.24) is 9.79 Å². The third-order valence-electron chi connectivity index (χ3n) is 3.56. The zero-order valence-corrected chi connectivity index (χ0v) is 14.1. The van der Waals surface area contributed by atoms with Gasteiger partial charge in [-0.15, -0.1) is 0 Å². The molecule has 0 aromatic heterocycles. The summed E-state index contributed by atoms with van der Waals surface area (Å²) in [6, 6.07) is 4.25. The molecule has 1 aromatic carbocycles. The van der Waals surface area contributed by atoms with E-state index < -0.39 is 10.0 Å². The van der Waals surface area contributed by atoms with E-state index in [9.17, 15) is 8.42 Å². The molecule has 1 N–H and O–H groups in total. The fourth-order valence-electron chi connectivity index (χ4n) is 2.34. The third-order valence-corrected chi connectivity index (χ3v) is 5.07. The first kappa shape index (κ1) is 17.5. The number of hydrogen-bond acceptors (Lipinski definition) is 5. The highest BCUT2D eigenvalue weighted by molar-refractivity contribution is 7.89. The van der Waals surface area contributed by atoms with Crippen LogP contribution in [0.15, 0.2) is 23.1 Å². The van der Waals surface area contributed by atoms with Crippen molar-refractivity contribution >= 4 is 21.6 Å². The van der Waals surface area contributed by atoms with Crippen LogP contribution in [0, 0.1) is 0 Å². The van der Waals surface area contributed by atoms with Crippen molar-refractivity contribution in [2.24, 2.45) is 0 Å². The number of piperidine rings is 1. The molecule has 0 spiro atoms. The van der Waals surface area contributed by atoms with Crippen molar-refractivity contribution in [1.29, 1.82) is 0 Å². The summed E-state index contributed by atoms with van der Waals surface area (Å²) in [5.41, 5.74) is 0. The molecule has 2 rings (SSSR count). The predicted molar refractivity (Wildman–Crippen MR) is 84.6 cm³/mol. The number of likely N-dealkylation sites (tertiary alicyclic amines) is 1. The largest absolute Gasteiger partial charge is 0.495 e. The average molecular weight is 349 g/mol. The maximum Gasteiger partial charge on any atom is 0.262 e. The summed E-state index contributed by atoms with van der Waals surface area (Å²) in [4.78, 5) is 9.53. The molecule has 0 unspecified atom stereocenters. The lowest BCUT2D eigenvalue weighted by Gasteiger charge is -2.25. The van der Waals surface area contributed by atoms with Crippen LogP contribution in [-0.2, 0) is 14.9 Å². The van der Waals surface area contributed by atoms with E-state index in [2.05, 4.69) is 9.79 Å². The Morgan fingerprint density at radius 3 is 2.64 bits per heavy atom. The number of benzene rings is 1. The molecule has 1 fully saturated rings. The van der Waals surface area contributed by atoms with Gasteiger partial charge in [-0.1, -0.05) is 22.9 Å². The number of hydrogen-bond donors (Lipinski definition) is 1. The molecule has 1 saturated heterocycles. The van der Waals surface area contributed by atoms with Gasteiger partial charge in [0.2, 0.25) is 0 Å². The van der Waals surface area contributed by atoms with Gasteiger partial charge in [-0.2, -0.15) is 0 Å². The summed E-state index contributed by atoms with van der Waals surface area (Å²) < 4.78 is 29.2. The number of ether oxygens (including phenoxy) is 1. The van der Waals surface area contributed by atoms with Crippen molar-refractivity contribution in [3.63, 3.8) is 0 Å². The quantitative estimate of drug-likeness (QED) is 0.603. The molecule has 1 heterocycles. The molecule has 0 amide bonds. The summed E-state index contributed by atoms with van der Waals surface area (Å²) in [6.45, 7) is 3.11. The van der Waals surface area contributed by atoms with E-state index in [1.54, 1.807) is 0 Å². The minimum absolute atomic E-state index is 0.0382. The highest BCUT2D eigenvalue weighted by atomic mass is 35.5. The van der Waals surface area contributed by atoms with E-state index in [-0.39, 0.29) is 9.92 Å². The van der Waals surface area contributed by atoms with Crippen molar-refractivity contribution in [3.05, 3.63) is 23.2 Å². The Morgan fingerprint density at radius 1 is 1.27 bits per heavy atom. The maximum absolute atomic E-state index is 12.1. The second-order valence-electron chi connectivity index (χ2n) is 5.13. The molecule has 0 radical (unpaired) electrons. The summed E-state index contributed by atoms with van der Waals surface area (Å²) in [7, 11) is -2.27. The Balaban J connectivity index is 1.84. The Labute approximate surface area is 136 Å². The van der Waals surface area contributed by atoms with Crippen LogP contribution in [0.25, 0.3) is 0 Å². The van der Waals surface area contributed by atoms with Crippen LogP contribution in [0.2, 0.25) is 5.02 Å². The Bertz CT molecular complexity index is 589. The summed E-state index contributed by atoms with van der Waals surface area (Å²) in [6.07, 6.45) is 3.65. The Kier molecular flexibility index (Phi) is 6.46. The molecule has 22 heavy (non-hydrogen) atoms. The predicted octanol–water partition coefficient (Wildman–Crippen LogP) is 2.04. The third kappa shape index (κ3) is 4.82. The molecule has 0 bridgehead atoms. The SMILES string of the molecule is COc1ccc(S(=O)(=O)NOCCN2CCCCC2)cc1Cl. The molecule has 0 saturated carbocycles. The molecule has 0 aliphatic carbocycles. The molecule has 1 aromatic rings. The van der Waals surface area contributed by atoms with Crippen LogP contribution in [0.1, 0.15) is 19.3 Å². The Hall–Kier alpha value is -0.860. The average Bonchev–Trinajstić information content (AvgIpc) is 2.52. The molecule has 8 heteroatoms. The first-order chi connectivity index (χ1) is 10.5. The monoisotopic (exact) mass is 348 g/mol. The van der Waals surface area contributed by atoms with Crippen molar-refractivity contribution in [3.8, 4) is 5.75 Å². The molecular weight excluding hydrogens is 328 g/mol. The topological polar surface area (TPSA) is 67.9 Å². The van der Waals surface area contributed by atoms with Crippen LogP contribution < -0.4 is 9.62 Å². The second-order valence-corrected chi connectivity index (χ2v) is 7.19. The lowest BCUT2D eigenvalue weighted by atomic mass is 10.1. The number of rotatable bonds is 7. The molecule has 124 valence electrons. The number of nitrogens with one attached hydrogen (secondary N) is 1. The maximum atomic E-state index is 12.1. The normalized spacial score (nSPS) is 16.6. The van der Waals surface area contributed by atoms with Crippen LogP contribution in [0.4, 0.5) is 0 Å². The number of methoxy groups -OCH3 is 1. The first-order valence-electron chi connectivity index (χ1n) is 7.22. The van der Waals surface area contributed by atoms with Crippen molar-refractivity contribution in [2.45, 2.75) is 24.2 Å². The lowest BCUT2D eigenvalue weighted by Crippen LogP contribution is -2.35. The minimum atomic E-state index is -3.74. The number of sulfonamides is 1. The number of nitrogens with zero attached hydrogens (tertiary/aromatic N) is 1. The van der Waals surface area contributed by atoms with Gasteiger partial charge >= 0.3 is 0 Å². The standard InChI is InChI=1S/C14H21ClN2O4S/c1-20-14-6-5-12(11-13(14)15)22(18,19)16-21-10-9-17-7-3-2-4-8-17/h5-6,11,16H,2-4,7-10H2,1H3. The van der Waals surface area contributed by atoms with Gasteiger partial charge in [-0.25, -0.2) is 8.42 Å². The fraction of sp³-hybridized carbons (Fsp3) is 0.571. The van der Waals surface area contributed by atoms with Gasteiger partial charge in [0.1, 0.15) is 5.75 Å². The smallest absolute Gasteiger partial charge is 0.262 e. The van der Waals surface area contributed by atoms with Crippen LogP contribution in [-0.4, -0.2) is 46.7 Å². The van der Waals surface area contributed by atoms with E-state index in [0.717, 1.165) is 13.1 Å². The molecule has 1 aliphatic heterocycles. The van der Waals surface area contributed by atoms with E-state index >= 15 is 0 Å². The van der Waals surface area contributed by atoms with Gasteiger partial charge in [-0.05, 0) is 44.1 Å². The fourth-order valence-corrected chi connectivity index (χ4v) is 3.52. The lowest BCUT2D eigenvalue weighted by molar-refractivity contribution is 0.0656. The van der Waals surface area contributed by atoms with Gasteiger partial charge in [0.05, 0.1) is 23.6 Å². The summed E-state index contributed by atoms with van der Waals surface area (Å²) in [5.74, 6) is 0.423. The number of halogens is 1. The van der Waals surface area contributed by atoms with Crippen LogP contribution in [0.5, 0.6) is 5.75 Å². The van der Waals surface area contributed by atoms with Gasteiger partial charge < -0.3 is 9.64 Å². The van der Waals surface area contributed by atoms with Gasteiger partial charge in [0.15, 0.2) is 0 Å². The van der Waals surface area contributed by atoms with E-state index in [4.69, 9.17) is 21.2 Å². The van der Waals surface area contributed by atoms with E-state index in [1.165, 1.54) is 44.6 Å². The van der Waals surface area contributed by atoms with Crippen LogP contribution in [0.3, 0.4) is 0 Å². The summed E-state index contributed by atoms with van der Waals surface area (Å²) >= 11 is 5.93.